The van der Waals surface area contributed by atoms with Gasteiger partial charge in [0, 0.05) is 17.3 Å². The largest absolute Gasteiger partial charge is 0.508 e. The van der Waals surface area contributed by atoms with E-state index >= 15 is 0 Å². The molecule has 0 fully saturated rings. The Kier molecular flexibility index (Phi) is 2.24. The summed E-state index contributed by atoms with van der Waals surface area (Å²) >= 11 is 0. The first-order valence-corrected chi connectivity index (χ1v) is 3.47. The fourth-order valence-electron chi connectivity index (χ4n) is 0.914. The van der Waals surface area contributed by atoms with Crippen LogP contribution in [-0.4, -0.2) is 12.2 Å². The standard InChI is InChI=1S/C9H11NO2/c1-6(12-2)8-4-3-7(11)5-9(8)10/h3-5,11H,1,10H2,2H3. The molecule has 0 aliphatic heterocycles. The van der Waals surface area contributed by atoms with Crippen LogP contribution < -0.4 is 5.73 Å². The van der Waals surface area contributed by atoms with Crippen molar-refractivity contribution in [1.29, 1.82) is 0 Å². The van der Waals surface area contributed by atoms with Crippen LogP contribution >= 0.6 is 0 Å². The molecule has 0 amide bonds. The molecule has 0 spiro atoms. The molecule has 12 heavy (non-hydrogen) atoms. The normalized spacial score (nSPS) is 9.42. The summed E-state index contributed by atoms with van der Waals surface area (Å²) in [4.78, 5) is 0. The minimum atomic E-state index is 0.139. The number of aromatic hydroxyl groups is 1. The molecule has 0 radical (unpaired) electrons. The van der Waals surface area contributed by atoms with Gasteiger partial charge in [-0.2, -0.15) is 0 Å². The highest BCUT2D eigenvalue weighted by molar-refractivity contribution is 5.70. The molecule has 3 heteroatoms. The van der Waals surface area contributed by atoms with Crippen LogP contribution in [0, 0.1) is 0 Å². The Bertz CT molecular complexity index is 307. The first kappa shape index (κ1) is 8.46. The van der Waals surface area contributed by atoms with Gasteiger partial charge in [0.1, 0.15) is 11.5 Å². The molecule has 1 aromatic rings. The van der Waals surface area contributed by atoms with E-state index in [-0.39, 0.29) is 5.75 Å². The number of hydrogen-bond donors (Lipinski definition) is 2. The fourth-order valence-corrected chi connectivity index (χ4v) is 0.914. The minimum absolute atomic E-state index is 0.139. The summed E-state index contributed by atoms with van der Waals surface area (Å²) in [5, 5.41) is 9.04. The number of phenolic OH excluding ortho intramolecular Hbond substituents is 1. The predicted molar refractivity (Wildman–Crippen MR) is 48.6 cm³/mol. The molecular formula is C9H11NO2. The Labute approximate surface area is 71.1 Å². The van der Waals surface area contributed by atoms with Gasteiger partial charge in [0.2, 0.25) is 0 Å². The Morgan fingerprint density at radius 3 is 2.75 bits per heavy atom. The molecule has 1 rings (SSSR count). The van der Waals surface area contributed by atoms with Crippen molar-refractivity contribution < 1.29 is 9.84 Å². The van der Waals surface area contributed by atoms with Crippen molar-refractivity contribution in [1.82, 2.24) is 0 Å². The maximum Gasteiger partial charge on any atom is 0.120 e. The maximum absolute atomic E-state index is 9.04. The van der Waals surface area contributed by atoms with Gasteiger partial charge in [0.25, 0.3) is 0 Å². The third-order valence-corrected chi connectivity index (χ3v) is 1.58. The van der Waals surface area contributed by atoms with E-state index in [1.807, 2.05) is 0 Å². The van der Waals surface area contributed by atoms with Crippen LogP contribution in [0.5, 0.6) is 5.75 Å². The van der Waals surface area contributed by atoms with Crippen molar-refractivity contribution in [3.05, 3.63) is 30.3 Å². The van der Waals surface area contributed by atoms with E-state index in [1.165, 1.54) is 19.2 Å². The highest BCUT2D eigenvalue weighted by Gasteiger charge is 2.03. The third-order valence-electron chi connectivity index (χ3n) is 1.58. The summed E-state index contributed by atoms with van der Waals surface area (Å²) in [6, 6.07) is 4.66. The molecule has 0 atom stereocenters. The highest BCUT2D eigenvalue weighted by Crippen LogP contribution is 2.24. The fraction of sp³-hybridized carbons (Fsp3) is 0.111. The molecule has 0 aliphatic carbocycles. The number of nitrogens with two attached hydrogens (primary N) is 1. The van der Waals surface area contributed by atoms with Gasteiger partial charge in [-0.15, -0.1) is 0 Å². The number of rotatable bonds is 2. The van der Waals surface area contributed by atoms with E-state index < -0.39 is 0 Å². The van der Waals surface area contributed by atoms with Crippen LogP contribution in [0.15, 0.2) is 24.8 Å². The lowest BCUT2D eigenvalue weighted by Gasteiger charge is -2.07. The van der Waals surface area contributed by atoms with Crippen LogP contribution in [0.4, 0.5) is 5.69 Å². The van der Waals surface area contributed by atoms with E-state index in [4.69, 9.17) is 15.6 Å². The smallest absolute Gasteiger partial charge is 0.120 e. The van der Waals surface area contributed by atoms with Crippen molar-refractivity contribution >= 4 is 11.4 Å². The van der Waals surface area contributed by atoms with Crippen molar-refractivity contribution in [2.45, 2.75) is 0 Å². The molecule has 0 bridgehead atoms. The molecule has 0 aromatic heterocycles. The van der Waals surface area contributed by atoms with Crippen LogP contribution in [0.25, 0.3) is 5.76 Å². The molecule has 64 valence electrons. The number of methoxy groups -OCH3 is 1. The lowest BCUT2D eigenvalue weighted by Crippen LogP contribution is -1.93. The number of hydrogen-bond acceptors (Lipinski definition) is 3. The Hall–Kier alpha value is -1.64. The summed E-state index contributed by atoms with van der Waals surface area (Å²) in [6.45, 7) is 3.65. The molecule has 0 unspecified atom stereocenters. The summed E-state index contributed by atoms with van der Waals surface area (Å²) < 4.78 is 4.90. The van der Waals surface area contributed by atoms with Gasteiger partial charge in [0.15, 0.2) is 0 Å². The average Bonchev–Trinajstić information content (AvgIpc) is 2.03. The van der Waals surface area contributed by atoms with Gasteiger partial charge < -0.3 is 15.6 Å². The zero-order chi connectivity index (χ0) is 9.14. The SMILES string of the molecule is C=C(OC)c1ccc(O)cc1N. The lowest BCUT2D eigenvalue weighted by molar-refractivity contribution is 0.371. The van der Waals surface area contributed by atoms with Gasteiger partial charge in [0.05, 0.1) is 7.11 Å². The third kappa shape index (κ3) is 1.50. The average molecular weight is 165 g/mol. The van der Waals surface area contributed by atoms with Gasteiger partial charge in [-0.3, -0.25) is 0 Å². The number of nitrogen functional groups attached to an aromatic ring is 1. The second kappa shape index (κ2) is 3.17. The molecule has 1 aromatic carbocycles. The van der Waals surface area contributed by atoms with E-state index in [1.54, 1.807) is 6.07 Å². The summed E-state index contributed by atoms with van der Waals surface area (Å²) in [5.74, 6) is 0.632. The second-order valence-electron chi connectivity index (χ2n) is 2.40. The Morgan fingerprint density at radius 1 is 1.58 bits per heavy atom. The van der Waals surface area contributed by atoms with Crippen molar-refractivity contribution in [3.63, 3.8) is 0 Å². The maximum atomic E-state index is 9.04. The molecular weight excluding hydrogens is 154 g/mol. The van der Waals surface area contributed by atoms with Crippen molar-refractivity contribution in [2.75, 3.05) is 12.8 Å². The van der Waals surface area contributed by atoms with Crippen LogP contribution in [0.1, 0.15) is 5.56 Å². The number of anilines is 1. The monoisotopic (exact) mass is 165 g/mol. The Morgan fingerprint density at radius 2 is 2.25 bits per heavy atom. The van der Waals surface area contributed by atoms with E-state index in [0.717, 1.165) is 0 Å². The summed E-state index contributed by atoms with van der Waals surface area (Å²) in [7, 11) is 1.52. The van der Waals surface area contributed by atoms with Gasteiger partial charge in [-0.25, -0.2) is 0 Å². The zero-order valence-corrected chi connectivity index (χ0v) is 6.87. The number of phenols is 1. The van der Waals surface area contributed by atoms with Gasteiger partial charge in [-0.05, 0) is 12.1 Å². The number of benzene rings is 1. The van der Waals surface area contributed by atoms with E-state index in [0.29, 0.717) is 17.0 Å². The predicted octanol–water partition coefficient (Wildman–Crippen LogP) is 1.59. The molecule has 0 saturated carbocycles. The van der Waals surface area contributed by atoms with Gasteiger partial charge in [-0.1, -0.05) is 6.58 Å². The topological polar surface area (TPSA) is 55.5 Å². The second-order valence-corrected chi connectivity index (χ2v) is 2.40. The molecule has 0 aliphatic rings. The van der Waals surface area contributed by atoms with Gasteiger partial charge >= 0.3 is 0 Å². The van der Waals surface area contributed by atoms with E-state index in [2.05, 4.69) is 6.58 Å². The quantitative estimate of drug-likeness (QED) is 0.517. The summed E-state index contributed by atoms with van der Waals surface area (Å²) in [6.07, 6.45) is 0. The van der Waals surface area contributed by atoms with Crippen LogP contribution in [-0.2, 0) is 4.74 Å². The molecule has 0 heterocycles. The highest BCUT2D eigenvalue weighted by atomic mass is 16.5. The summed E-state index contributed by atoms with van der Waals surface area (Å²) in [5.41, 5.74) is 6.76. The first-order valence-electron chi connectivity index (χ1n) is 3.47. The minimum Gasteiger partial charge on any atom is -0.508 e. The van der Waals surface area contributed by atoms with Crippen molar-refractivity contribution in [2.24, 2.45) is 0 Å². The molecule has 3 nitrogen and oxygen atoms in total. The Balaban J connectivity index is 3.09. The zero-order valence-electron chi connectivity index (χ0n) is 6.87. The van der Waals surface area contributed by atoms with Crippen LogP contribution in [0.3, 0.4) is 0 Å². The molecule has 0 saturated heterocycles. The number of ether oxygens (including phenoxy) is 1. The first-order chi connectivity index (χ1) is 5.65. The molecule has 3 N–H and O–H groups in total. The van der Waals surface area contributed by atoms with E-state index in [9.17, 15) is 0 Å². The van der Waals surface area contributed by atoms with Crippen molar-refractivity contribution in [3.8, 4) is 5.75 Å². The lowest BCUT2D eigenvalue weighted by atomic mass is 10.1. The van der Waals surface area contributed by atoms with Crippen LogP contribution in [0.2, 0.25) is 0 Å².